The molecule has 4 heteroatoms. The number of carbonyl (C=O) groups is 4. The summed E-state index contributed by atoms with van der Waals surface area (Å²) in [7, 11) is 0. The molecule has 0 amide bonds. The zero-order valence-corrected chi connectivity index (χ0v) is 10.9. The average molecular weight is 268 g/mol. The lowest BCUT2D eigenvalue weighted by molar-refractivity contribution is -0.133. The third-order valence-corrected chi connectivity index (χ3v) is 5.39. The maximum atomic E-state index is 12.8. The number of carbonyl (C=O) groups excluding carboxylic acids is 4. The second kappa shape index (κ2) is 3.14. The summed E-state index contributed by atoms with van der Waals surface area (Å²) in [6, 6.07) is 6.62. The second-order valence-electron chi connectivity index (χ2n) is 5.93. The lowest BCUT2D eigenvalue weighted by Gasteiger charge is -2.20. The van der Waals surface area contributed by atoms with Crippen LogP contribution in [0.1, 0.15) is 40.5 Å². The number of rotatable bonds is 1. The van der Waals surface area contributed by atoms with Gasteiger partial charge in [-0.3, -0.25) is 19.2 Å². The van der Waals surface area contributed by atoms with Gasteiger partial charge in [0.05, 0.1) is 11.3 Å². The first-order valence-electron chi connectivity index (χ1n) is 6.72. The molecule has 0 heterocycles. The maximum Gasteiger partial charge on any atom is 0.172 e. The van der Waals surface area contributed by atoms with Crippen molar-refractivity contribution in [1.29, 1.82) is 0 Å². The topological polar surface area (TPSA) is 68.3 Å². The highest BCUT2D eigenvalue weighted by atomic mass is 16.2. The van der Waals surface area contributed by atoms with E-state index in [9.17, 15) is 19.2 Å². The molecule has 0 unspecified atom stereocenters. The molecular weight excluding hydrogens is 256 g/mol. The van der Waals surface area contributed by atoms with Crippen molar-refractivity contribution in [3.8, 4) is 0 Å². The van der Waals surface area contributed by atoms with Gasteiger partial charge < -0.3 is 0 Å². The number of benzene rings is 1. The van der Waals surface area contributed by atoms with Gasteiger partial charge in [0.25, 0.3) is 0 Å². The molecule has 0 saturated heterocycles. The normalized spacial score (nSPS) is 37.2. The van der Waals surface area contributed by atoms with Crippen LogP contribution in [0.3, 0.4) is 0 Å². The molecule has 0 bridgehead atoms. The zero-order valence-electron chi connectivity index (χ0n) is 10.9. The Balaban J connectivity index is 2.02. The fraction of sp³-hybridized carbons (Fsp3) is 0.375. The Morgan fingerprint density at radius 1 is 1.15 bits per heavy atom. The molecule has 4 nitrogen and oxygen atoms in total. The van der Waals surface area contributed by atoms with Gasteiger partial charge in [0.1, 0.15) is 17.0 Å². The van der Waals surface area contributed by atoms with E-state index in [1.54, 1.807) is 24.3 Å². The van der Waals surface area contributed by atoms with Crippen LogP contribution in [-0.4, -0.2) is 23.1 Å². The summed E-state index contributed by atoms with van der Waals surface area (Å²) < 4.78 is 0. The van der Waals surface area contributed by atoms with Crippen molar-refractivity contribution in [3.05, 3.63) is 35.4 Å². The number of Topliss-reactive ketones (excluding diaryl/α,β-unsaturated/α-hetero) is 4. The molecule has 1 aromatic carbocycles. The van der Waals surface area contributed by atoms with E-state index >= 15 is 0 Å². The van der Waals surface area contributed by atoms with Gasteiger partial charge in [-0.2, -0.15) is 0 Å². The molecule has 0 aliphatic heterocycles. The van der Waals surface area contributed by atoms with Crippen LogP contribution >= 0.6 is 0 Å². The quantitative estimate of drug-likeness (QED) is 0.726. The van der Waals surface area contributed by atoms with Crippen molar-refractivity contribution in [1.82, 2.24) is 0 Å². The Hall–Kier alpha value is -2.10. The molecule has 20 heavy (non-hydrogen) atoms. The second-order valence-corrected chi connectivity index (χ2v) is 5.93. The first-order valence-corrected chi connectivity index (χ1v) is 6.72. The van der Waals surface area contributed by atoms with Gasteiger partial charge in [0.2, 0.25) is 0 Å². The Kier molecular flexibility index (Phi) is 1.84. The van der Waals surface area contributed by atoms with Gasteiger partial charge >= 0.3 is 0 Å². The number of ketones is 4. The van der Waals surface area contributed by atoms with E-state index in [0.717, 1.165) is 0 Å². The van der Waals surface area contributed by atoms with Crippen molar-refractivity contribution < 1.29 is 19.2 Å². The number of fused-ring (bicyclic) bond motifs is 2. The van der Waals surface area contributed by atoms with E-state index in [2.05, 4.69) is 0 Å². The summed E-state index contributed by atoms with van der Waals surface area (Å²) in [4.78, 5) is 49.8. The van der Waals surface area contributed by atoms with E-state index in [4.69, 9.17) is 0 Å². The molecule has 3 atom stereocenters. The fourth-order valence-electron chi connectivity index (χ4n) is 4.64. The Morgan fingerprint density at radius 2 is 1.80 bits per heavy atom. The van der Waals surface area contributed by atoms with Crippen LogP contribution in [-0.2, 0) is 9.59 Å². The SMILES string of the molecule is CC(=O)[C@]12C(=O)CC[C@]13C(=O)c1ccccc1C(=O)[C@H]23. The van der Waals surface area contributed by atoms with Crippen molar-refractivity contribution >= 4 is 23.1 Å². The molecule has 0 radical (unpaired) electrons. The summed E-state index contributed by atoms with van der Waals surface area (Å²) >= 11 is 0. The minimum absolute atomic E-state index is 0.196. The maximum absolute atomic E-state index is 12.8. The molecule has 100 valence electrons. The van der Waals surface area contributed by atoms with E-state index in [1.165, 1.54) is 6.92 Å². The molecule has 0 aromatic heterocycles. The number of hydrogen-bond donors (Lipinski definition) is 0. The standard InChI is InChI=1S/C16H12O4/c1-8(17)16-11(18)6-7-15(16)13(16)12(19)9-4-2-3-5-10(9)14(15)20/h2-5,13H,6-7H2,1H3/t13-,15-,16+/m0/s1. The largest absolute Gasteiger partial charge is 0.299 e. The van der Waals surface area contributed by atoms with Crippen LogP contribution in [0.15, 0.2) is 24.3 Å². The average Bonchev–Trinajstić information content (AvgIpc) is 2.98. The summed E-state index contributed by atoms with van der Waals surface area (Å²) in [5, 5.41) is 0. The van der Waals surface area contributed by atoms with Crippen molar-refractivity contribution in [2.45, 2.75) is 19.8 Å². The summed E-state index contributed by atoms with van der Waals surface area (Å²) in [6.45, 7) is 1.33. The molecule has 0 N–H and O–H groups in total. The van der Waals surface area contributed by atoms with Gasteiger partial charge in [0.15, 0.2) is 11.6 Å². The Morgan fingerprint density at radius 3 is 2.45 bits per heavy atom. The van der Waals surface area contributed by atoms with Crippen LogP contribution in [0.5, 0.6) is 0 Å². The number of hydrogen-bond acceptors (Lipinski definition) is 4. The zero-order chi connectivity index (χ0) is 14.3. The van der Waals surface area contributed by atoms with Gasteiger partial charge in [0, 0.05) is 17.5 Å². The summed E-state index contributed by atoms with van der Waals surface area (Å²) in [5.41, 5.74) is -1.70. The molecule has 2 saturated carbocycles. The van der Waals surface area contributed by atoms with Gasteiger partial charge in [-0.25, -0.2) is 0 Å². The first-order chi connectivity index (χ1) is 9.49. The smallest absolute Gasteiger partial charge is 0.172 e. The third kappa shape index (κ3) is 0.865. The van der Waals surface area contributed by atoms with E-state index in [0.29, 0.717) is 17.5 Å². The first kappa shape index (κ1) is 11.7. The highest BCUT2D eigenvalue weighted by Gasteiger charge is 2.91. The monoisotopic (exact) mass is 268 g/mol. The highest BCUT2D eigenvalue weighted by Crippen LogP contribution is 2.79. The lowest BCUT2D eigenvalue weighted by atomic mass is 9.79. The van der Waals surface area contributed by atoms with Crippen LogP contribution < -0.4 is 0 Å². The van der Waals surface area contributed by atoms with Gasteiger partial charge in [-0.05, 0) is 13.3 Å². The summed E-state index contributed by atoms with van der Waals surface area (Å²) in [5.74, 6) is -1.73. The van der Waals surface area contributed by atoms with Crippen molar-refractivity contribution in [2.24, 2.45) is 16.7 Å². The van der Waals surface area contributed by atoms with Crippen LogP contribution in [0.2, 0.25) is 0 Å². The Labute approximate surface area is 115 Å². The predicted molar refractivity (Wildman–Crippen MR) is 68.4 cm³/mol. The third-order valence-electron chi connectivity index (χ3n) is 5.39. The molecule has 2 fully saturated rings. The molecular formula is C16H12O4. The molecule has 4 rings (SSSR count). The van der Waals surface area contributed by atoms with Crippen LogP contribution in [0.25, 0.3) is 0 Å². The van der Waals surface area contributed by atoms with E-state index in [1.807, 2.05) is 0 Å². The molecule has 1 spiro atoms. The predicted octanol–water partition coefficient (Wildman–Crippen LogP) is 1.62. The van der Waals surface area contributed by atoms with E-state index in [-0.39, 0.29) is 29.6 Å². The van der Waals surface area contributed by atoms with Crippen LogP contribution in [0.4, 0.5) is 0 Å². The molecule has 3 aliphatic rings. The van der Waals surface area contributed by atoms with Crippen molar-refractivity contribution in [2.75, 3.05) is 0 Å². The molecule has 3 aliphatic carbocycles. The lowest BCUT2D eigenvalue weighted by Crippen LogP contribution is -2.29. The minimum atomic E-state index is -1.36. The van der Waals surface area contributed by atoms with Gasteiger partial charge in [-0.15, -0.1) is 0 Å². The molecule has 1 aromatic rings. The van der Waals surface area contributed by atoms with Crippen molar-refractivity contribution in [3.63, 3.8) is 0 Å². The summed E-state index contributed by atoms with van der Waals surface area (Å²) in [6.07, 6.45) is 0.548. The Bertz CT molecular complexity index is 732. The van der Waals surface area contributed by atoms with E-state index < -0.39 is 16.7 Å². The van der Waals surface area contributed by atoms with Gasteiger partial charge in [-0.1, -0.05) is 24.3 Å². The fourth-order valence-corrected chi connectivity index (χ4v) is 4.64. The minimum Gasteiger partial charge on any atom is -0.299 e. The van der Waals surface area contributed by atoms with Crippen LogP contribution in [0, 0.1) is 16.7 Å². The highest BCUT2D eigenvalue weighted by molar-refractivity contribution is 6.33.